The van der Waals surface area contributed by atoms with Crippen molar-refractivity contribution in [3.05, 3.63) is 0 Å². The maximum absolute atomic E-state index is 11.4. The number of amides is 1. The fourth-order valence-electron chi connectivity index (χ4n) is 3.89. The monoisotopic (exact) mass is 209 g/mol. The lowest BCUT2D eigenvalue weighted by Crippen LogP contribution is -2.47. The van der Waals surface area contributed by atoms with Crippen LogP contribution in [-0.4, -0.2) is 23.9 Å². The van der Waals surface area contributed by atoms with Crippen molar-refractivity contribution >= 4 is 5.91 Å². The van der Waals surface area contributed by atoms with Crippen molar-refractivity contribution in [3.63, 3.8) is 0 Å². The molecule has 1 saturated carbocycles. The van der Waals surface area contributed by atoms with Crippen LogP contribution in [0.4, 0.5) is 0 Å². The van der Waals surface area contributed by atoms with E-state index in [1.807, 2.05) is 0 Å². The van der Waals surface area contributed by atoms with Crippen LogP contribution in [0.3, 0.4) is 0 Å². The van der Waals surface area contributed by atoms with Crippen LogP contribution in [0.25, 0.3) is 0 Å². The van der Waals surface area contributed by atoms with Gasteiger partial charge in [0, 0.05) is 20.0 Å². The summed E-state index contributed by atoms with van der Waals surface area (Å²) < 4.78 is 0. The topological polar surface area (TPSA) is 20.3 Å². The Morgan fingerprint density at radius 2 is 1.60 bits per heavy atom. The van der Waals surface area contributed by atoms with Gasteiger partial charge in [-0.1, -0.05) is 20.8 Å². The first-order valence-corrected chi connectivity index (χ1v) is 6.15. The summed E-state index contributed by atoms with van der Waals surface area (Å²) >= 11 is 0. The third-order valence-electron chi connectivity index (χ3n) is 4.28. The Morgan fingerprint density at radius 1 is 1.13 bits per heavy atom. The van der Waals surface area contributed by atoms with Gasteiger partial charge < -0.3 is 4.90 Å². The fraction of sp³-hybridized carbons (Fsp3) is 0.923. The number of carbonyl (C=O) groups is 1. The first kappa shape index (κ1) is 11.0. The maximum atomic E-state index is 11.4. The van der Waals surface area contributed by atoms with Crippen molar-refractivity contribution < 1.29 is 4.79 Å². The summed E-state index contributed by atoms with van der Waals surface area (Å²) in [5, 5.41) is 0. The number of rotatable bonds is 0. The first-order valence-electron chi connectivity index (χ1n) is 6.15. The van der Waals surface area contributed by atoms with Crippen LogP contribution in [0, 0.1) is 23.2 Å². The molecule has 86 valence electrons. The summed E-state index contributed by atoms with van der Waals surface area (Å²) in [5.41, 5.74) is 0.411. The largest absolute Gasteiger partial charge is 0.342 e. The van der Waals surface area contributed by atoms with Gasteiger partial charge in [-0.25, -0.2) is 0 Å². The summed E-state index contributed by atoms with van der Waals surface area (Å²) in [5.74, 6) is 2.60. The molecule has 0 aromatic rings. The molecular formula is C13H23NO. The van der Waals surface area contributed by atoms with Crippen molar-refractivity contribution in [2.75, 3.05) is 13.1 Å². The summed E-state index contributed by atoms with van der Waals surface area (Å²) in [7, 11) is 0. The predicted molar refractivity (Wildman–Crippen MR) is 61.4 cm³/mol. The zero-order valence-electron chi connectivity index (χ0n) is 10.4. The zero-order chi connectivity index (χ0) is 11.2. The van der Waals surface area contributed by atoms with E-state index in [0.717, 1.165) is 30.8 Å². The van der Waals surface area contributed by atoms with Gasteiger partial charge in [0.1, 0.15) is 0 Å². The molecule has 2 heteroatoms. The SMILES string of the molecule is CC(=O)N1CC2CC[C@H](C1)C2C(C)(C)C. The molecule has 2 nitrogen and oxygen atoms in total. The molecular weight excluding hydrogens is 186 g/mol. The molecule has 2 unspecified atom stereocenters. The Bertz CT molecular complexity index is 252. The van der Waals surface area contributed by atoms with Crippen molar-refractivity contribution in [1.29, 1.82) is 0 Å². The first-order chi connectivity index (χ1) is 6.89. The molecule has 2 rings (SSSR count). The van der Waals surface area contributed by atoms with E-state index in [4.69, 9.17) is 0 Å². The molecule has 0 aromatic heterocycles. The quantitative estimate of drug-likeness (QED) is 0.600. The van der Waals surface area contributed by atoms with E-state index >= 15 is 0 Å². The standard InChI is InChI=1S/C13H23NO/c1-9(15)14-7-10-5-6-11(8-14)12(10)13(2,3)4/h10-12H,5-8H2,1-4H3/t10-,11?,12?/m1/s1. The highest BCUT2D eigenvalue weighted by Gasteiger charge is 2.47. The number of piperidine rings is 1. The lowest BCUT2D eigenvalue weighted by Gasteiger charge is -2.44. The number of hydrogen-bond donors (Lipinski definition) is 0. The fourth-order valence-corrected chi connectivity index (χ4v) is 3.89. The number of fused-ring (bicyclic) bond motifs is 2. The average Bonchev–Trinajstić information content (AvgIpc) is 2.37. The average molecular weight is 209 g/mol. The maximum Gasteiger partial charge on any atom is 0.219 e. The second kappa shape index (κ2) is 3.50. The Labute approximate surface area is 93.0 Å². The van der Waals surface area contributed by atoms with E-state index < -0.39 is 0 Å². The predicted octanol–water partition coefficient (Wildman–Crippen LogP) is 2.54. The second-order valence-corrected chi connectivity index (χ2v) is 6.41. The van der Waals surface area contributed by atoms with Crippen LogP contribution in [0.2, 0.25) is 0 Å². The van der Waals surface area contributed by atoms with Crippen LogP contribution >= 0.6 is 0 Å². The second-order valence-electron chi connectivity index (χ2n) is 6.41. The summed E-state index contributed by atoms with van der Waals surface area (Å²) in [6.07, 6.45) is 2.66. The molecule has 1 aliphatic heterocycles. The Hall–Kier alpha value is -0.530. The minimum absolute atomic E-state index is 0.263. The molecule has 1 heterocycles. The third-order valence-corrected chi connectivity index (χ3v) is 4.28. The van der Waals surface area contributed by atoms with E-state index in [1.54, 1.807) is 6.92 Å². The molecule has 2 fully saturated rings. The molecule has 2 aliphatic rings. The molecule has 0 N–H and O–H groups in total. The summed E-state index contributed by atoms with van der Waals surface area (Å²) in [4.78, 5) is 13.5. The molecule has 3 atom stereocenters. The minimum Gasteiger partial charge on any atom is -0.342 e. The molecule has 1 saturated heterocycles. The van der Waals surface area contributed by atoms with E-state index in [2.05, 4.69) is 25.7 Å². The van der Waals surface area contributed by atoms with Crippen LogP contribution in [0.5, 0.6) is 0 Å². The third kappa shape index (κ3) is 1.91. The molecule has 1 aliphatic carbocycles. The van der Waals surface area contributed by atoms with Gasteiger partial charge in [-0.3, -0.25) is 4.79 Å². The lowest BCUT2D eigenvalue weighted by atomic mass is 9.69. The highest BCUT2D eigenvalue weighted by Crippen LogP contribution is 2.50. The normalized spacial score (nSPS) is 35.7. The van der Waals surface area contributed by atoms with Gasteiger partial charge in [-0.05, 0) is 36.0 Å². The van der Waals surface area contributed by atoms with Gasteiger partial charge in [-0.2, -0.15) is 0 Å². The minimum atomic E-state index is 0.263. The molecule has 0 spiro atoms. The van der Waals surface area contributed by atoms with E-state index in [-0.39, 0.29) is 5.91 Å². The lowest BCUT2D eigenvalue weighted by molar-refractivity contribution is -0.133. The number of nitrogens with zero attached hydrogens (tertiary/aromatic N) is 1. The van der Waals surface area contributed by atoms with E-state index in [9.17, 15) is 4.79 Å². The summed E-state index contributed by atoms with van der Waals surface area (Å²) in [6.45, 7) is 10.8. The molecule has 2 bridgehead atoms. The van der Waals surface area contributed by atoms with Crippen molar-refractivity contribution in [1.82, 2.24) is 4.90 Å². The summed E-state index contributed by atoms with van der Waals surface area (Å²) in [6, 6.07) is 0. The Kier molecular flexibility index (Phi) is 2.56. The smallest absolute Gasteiger partial charge is 0.219 e. The van der Waals surface area contributed by atoms with Gasteiger partial charge in [0.2, 0.25) is 5.91 Å². The van der Waals surface area contributed by atoms with Crippen LogP contribution in [0.15, 0.2) is 0 Å². The van der Waals surface area contributed by atoms with Crippen LogP contribution < -0.4 is 0 Å². The molecule has 15 heavy (non-hydrogen) atoms. The van der Waals surface area contributed by atoms with Gasteiger partial charge >= 0.3 is 0 Å². The Balaban J connectivity index is 2.13. The molecule has 0 aromatic carbocycles. The molecule has 1 amide bonds. The van der Waals surface area contributed by atoms with Crippen LogP contribution in [-0.2, 0) is 4.79 Å². The van der Waals surface area contributed by atoms with Gasteiger partial charge in [-0.15, -0.1) is 0 Å². The van der Waals surface area contributed by atoms with Gasteiger partial charge in [0.05, 0.1) is 0 Å². The van der Waals surface area contributed by atoms with Crippen molar-refractivity contribution in [3.8, 4) is 0 Å². The number of likely N-dealkylation sites (tertiary alicyclic amines) is 1. The van der Waals surface area contributed by atoms with E-state index in [1.165, 1.54) is 12.8 Å². The Morgan fingerprint density at radius 3 is 1.93 bits per heavy atom. The van der Waals surface area contributed by atoms with E-state index in [0.29, 0.717) is 5.41 Å². The highest BCUT2D eigenvalue weighted by atomic mass is 16.2. The highest BCUT2D eigenvalue weighted by molar-refractivity contribution is 5.73. The zero-order valence-corrected chi connectivity index (χ0v) is 10.4. The number of hydrogen-bond acceptors (Lipinski definition) is 1. The number of carbonyl (C=O) groups excluding carboxylic acids is 1. The van der Waals surface area contributed by atoms with Crippen molar-refractivity contribution in [2.45, 2.75) is 40.5 Å². The van der Waals surface area contributed by atoms with Gasteiger partial charge in [0.15, 0.2) is 0 Å². The van der Waals surface area contributed by atoms with Gasteiger partial charge in [0.25, 0.3) is 0 Å². The molecule has 0 radical (unpaired) electrons. The van der Waals surface area contributed by atoms with Crippen molar-refractivity contribution in [2.24, 2.45) is 23.2 Å². The van der Waals surface area contributed by atoms with Crippen LogP contribution in [0.1, 0.15) is 40.5 Å².